The molecule has 3 rings (SSSR count). The van der Waals surface area contributed by atoms with Crippen molar-refractivity contribution in [2.24, 2.45) is 0 Å². The van der Waals surface area contributed by atoms with E-state index < -0.39 is 0 Å². The number of nitrogens with two attached hydrogens (primary N) is 1. The molecular weight excluding hydrogens is 276 g/mol. The number of aromatic nitrogens is 2. The van der Waals surface area contributed by atoms with Crippen LogP contribution >= 0.6 is 11.6 Å². The summed E-state index contributed by atoms with van der Waals surface area (Å²) in [5, 5.41) is 10.3. The van der Waals surface area contributed by atoms with Gasteiger partial charge in [-0.15, -0.1) is 0 Å². The van der Waals surface area contributed by atoms with Gasteiger partial charge in [0.25, 0.3) is 5.91 Å². The number of nitrogens with one attached hydrogen (secondary N) is 2. The van der Waals surface area contributed by atoms with Crippen molar-refractivity contribution in [3.63, 3.8) is 0 Å². The zero-order valence-corrected chi connectivity index (χ0v) is 11.8. The van der Waals surface area contributed by atoms with Crippen LogP contribution in [0.5, 0.6) is 0 Å². The van der Waals surface area contributed by atoms with Gasteiger partial charge in [0.2, 0.25) is 0 Å². The number of halogens is 1. The number of hydrogen-bond donors (Lipinski definition) is 3. The molecule has 0 aliphatic heterocycles. The van der Waals surface area contributed by atoms with Crippen molar-refractivity contribution in [2.45, 2.75) is 25.7 Å². The van der Waals surface area contributed by atoms with Crippen molar-refractivity contribution in [3.05, 3.63) is 40.2 Å². The second kappa shape index (κ2) is 4.83. The smallest absolute Gasteiger partial charge is 0.278 e. The van der Waals surface area contributed by atoms with E-state index >= 15 is 0 Å². The summed E-state index contributed by atoms with van der Waals surface area (Å²) in [4.78, 5) is 12.2. The zero-order valence-electron chi connectivity index (χ0n) is 11.0. The van der Waals surface area contributed by atoms with Crippen molar-refractivity contribution in [1.82, 2.24) is 10.2 Å². The molecule has 0 saturated heterocycles. The number of carbonyl (C=O) groups excluding carboxylic acids is 1. The third-order valence-electron chi connectivity index (χ3n) is 3.55. The fourth-order valence-electron chi connectivity index (χ4n) is 2.14. The number of carbonyl (C=O) groups is 1. The summed E-state index contributed by atoms with van der Waals surface area (Å²) in [6.45, 7) is 1.85. The Morgan fingerprint density at radius 2 is 2.25 bits per heavy atom. The van der Waals surface area contributed by atoms with Gasteiger partial charge in [-0.1, -0.05) is 17.7 Å². The molecule has 0 radical (unpaired) electrons. The van der Waals surface area contributed by atoms with Gasteiger partial charge in [-0.25, -0.2) is 0 Å². The lowest BCUT2D eigenvalue weighted by molar-refractivity contribution is 0.102. The molecule has 1 aliphatic rings. The molecule has 20 heavy (non-hydrogen) atoms. The van der Waals surface area contributed by atoms with Crippen LogP contribution in [0, 0.1) is 6.92 Å². The van der Waals surface area contributed by atoms with Crippen molar-refractivity contribution in [2.75, 3.05) is 11.1 Å². The van der Waals surface area contributed by atoms with Gasteiger partial charge < -0.3 is 11.1 Å². The van der Waals surface area contributed by atoms with Crippen molar-refractivity contribution >= 4 is 28.9 Å². The number of rotatable bonds is 3. The van der Waals surface area contributed by atoms with Crippen LogP contribution in [0.1, 0.15) is 40.5 Å². The maximum atomic E-state index is 12.2. The zero-order chi connectivity index (χ0) is 14.3. The van der Waals surface area contributed by atoms with Gasteiger partial charge in [-0.3, -0.25) is 9.89 Å². The first kappa shape index (κ1) is 13.0. The molecule has 1 saturated carbocycles. The van der Waals surface area contributed by atoms with Crippen LogP contribution in [0.15, 0.2) is 18.2 Å². The lowest BCUT2D eigenvalue weighted by Crippen LogP contribution is -2.15. The summed E-state index contributed by atoms with van der Waals surface area (Å²) >= 11 is 6.03. The van der Waals surface area contributed by atoms with Gasteiger partial charge in [0.15, 0.2) is 5.69 Å². The van der Waals surface area contributed by atoms with Crippen LogP contribution in [-0.2, 0) is 0 Å². The summed E-state index contributed by atoms with van der Waals surface area (Å²) in [6.07, 6.45) is 2.20. The molecule has 0 bridgehead atoms. The summed E-state index contributed by atoms with van der Waals surface area (Å²) in [7, 11) is 0. The summed E-state index contributed by atoms with van der Waals surface area (Å²) in [6, 6.07) is 5.36. The van der Waals surface area contributed by atoms with E-state index in [0.717, 1.165) is 24.1 Å². The van der Waals surface area contributed by atoms with Gasteiger partial charge in [0.1, 0.15) is 0 Å². The number of aromatic amines is 1. The summed E-state index contributed by atoms with van der Waals surface area (Å²) in [5.41, 5.74) is 9.03. The van der Waals surface area contributed by atoms with Crippen LogP contribution < -0.4 is 11.1 Å². The fourth-order valence-corrected chi connectivity index (χ4v) is 2.32. The Morgan fingerprint density at radius 3 is 2.95 bits per heavy atom. The molecule has 1 heterocycles. The largest absolute Gasteiger partial charge is 0.395 e. The second-order valence-corrected chi connectivity index (χ2v) is 5.45. The third-order valence-corrected chi connectivity index (χ3v) is 3.96. The van der Waals surface area contributed by atoms with Gasteiger partial charge in [-0.05, 0) is 37.5 Å². The number of hydrogen-bond acceptors (Lipinski definition) is 3. The van der Waals surface area contributed by atoms with E-state index in [9.17, 15) is 4.79 Å². The number of benzene rings is 1. The second-order valence-electron chi connectivity index (χ2n) is 5.04. The lowest BCUT2D eigenvalue weighted by Gasteiger charge is -2.08. The number of nitrogens with zero attached hydrogens (tertiary/aromatic N) is 1. The average Bonchev–Trinajstić information content (AvgIpc) is 3.18. The van der Waals surface area contributed by atoms with E-state index in [4.69, 9.17) is 17.3 Å². The van der Waals surface area contributed by atoms with Crippen LogP contribution in [0.25, 0.3) is 0 Å². The molecule has 4 N–H and O–H groups in total. The van der Waals surface area contributed by atoms with Gasteiger partial charge in [0, 0.05) is 16.6 Å². The predicted octanol–water partition coefficient (Wildman–Crippen LogP) is 3.08. The molecule has 0 spiro atoms. The quantitative estimate of drug-likeness (QED) is 0.812. The van der Waals surface area contributed by atoms with Crippen LogP contribution in [0.3, 0.4) is 0 Å². The molecule has 0 unspecified atom stereocenters. The van der Waals surface area contributed by atoms with Gasteiger partial charge in [0.05, 0.1) is 11.4 Å². The van der Waals surface area contributed by atoms with E-state index in [0.29, 0.717) is 22.3 Å². The Morgan fingerprint density at radius 1 is 1.50 bits per heavy atom. The van der Waals surface area contributed by atoms with Crippen LogP contribution in [0.4, 0.5) is 11.4 Å². The fraction of sp³-hybridized carbons (Fsp3) is 0.286. The monoisotopic (exact) mass is 290 g/mol. The first-order valence-corrected chi connectivity index (χ1v) is 6.86. The van der Waals surface area contributed by atoms with Gasteiger partial charge >= 0.3 is 0 Å². The Hall–Kier alpha value is -2.01. The van der Waals surface area contributed by atoms with E-state index in [1.54, 1.807) is 18.2 Å². The van der Waals surface area contributed by atoms with E-state index in [1.165, 1.54) is 0 Å². The number of nitrogen functional groups attached to an aromatic ring is 1. The summed E-state index contributed by atoms with van der Waals surface area (Å²) < 4.78 is 0. The van der Waals surface area contributed by atoms with Crippen molar-refractivity contribution < 1.29 is 4.79 Å². The normalized spacial score (nSPS) is 14.3. The Balaban J connectivity index is 1.84. The van der Waals surface area contributed by atoms with Crippen molar-refractivity contribution in [1.29, 1.82) is 0 Å². The molecule has 1 amide bonds. The van der Waals surface area contributed by atoms with Crippen LogP contribution in [-0.4, -0.2) is 16.1 Å². The Labute approximate surface area is 121 Å². The van der Waals surface area contributed by atoms with E-state index in [1.807, 2.05) is 6.92 Å². The molecule has 2 aromatic rings. The predicted molar refractivity (Wildman–Crippen MR) is 79.1 cm³/mol. The molecule has 1 aromatic carbocycles. The standard InChI is InChI=1S/C14H15ClN4O/c1-7-9(15)3-2-4-10(7)17-14(20)13-11(16)12(18-19-13)8-5-6-8/h2-4,8H,5-6,16H2,1H3,(H,17,20)(H,18,19). The van der Waals surface area contributed by atoms with E-state index in [2.05, 4.69) is 15.5 Å². The van der Waals surface area contributed by atoms with Crippen LogP contribution in [0.2, 0.25) is 5.02 Å². The number of H-pyrrole nitrogens is 1. The van der Waals surface area contributed by atoms with E-state index in [-0.39, 0.29) is 11.6 Å². The highest BCUT2D eigenvalue weighted by atomic mass is 35.5. The average molecular weight is 291 g/mol. The first-order chi connectivity index (χ1) is 9.58. The minimum Gasteiger partial charge on any atom is -0.395 e. The molecule has 1 fully saturated rings. The minimum absolute atomic E-state index is 0.242. The number of anilines is 2. The highest BCUT2D eigenvalue weighted by Crippen LogP contribution is 2.42. The molecule has 1 aliphatic carbocycles. The molecule has 1 aromatic heterocycles. The molecule has 6 heteroatoms. The highest BCUT2D eigenvalue weighted by Gasteiger charge is 2.30. The number of amides is 1. The maximum absolute atomic E-state index is 12.2. The Bertz CT molecular complexity index is 676. The first-order valence-electron chi connectivity index (χ1n) is 6.48. The minimum atomic E-state index is -0.323. The highest BCUT2D eigenvalue weighted by molar-refractivity contribution is 6.31. The third kappa shape index (κ3) is 2.25. The van der Waals surface area contributed by atoms with Crippen molar-refractivity contribution in [3.8, 4) is 0 Å². The molecular formula is C14H15ClN4O. The topological polar surface area (TPSA) is 83.8 Å². The van der Waals surface area contributed by atoms with Gasteiger partial charge in [-0.2, -0.15) is 5.10 Å². The summed E-state index contributed by atoms with van der Waals surface area (Å²) in [5.74, 6) is 0.105. The molecule has 104 valence electrons. The SMILES string of the molecule is Cc1c(Cl)cccc1NC(=O)c1n[nH]c(C2CC2)c1N. The molecule has 5 nitrogen and oxygen atoms in total. The lowest BCUT2D eigenvalue weighted by atomic mass is 10.2. The molecule has 0 atom stereocenters. The maximum Gasteiger partial charge on any atom is 0.278 e. The Kier molecular flexibility index (Phi) is 3.14.